The second kappa shape index (κ2) is 7.53. The van der Waals surface area contributed by atoms with Crippen LogP contribution in [0.15, 0.2) is 47.8 Å². The molecule has 140 valence electrons. The second-order valence-corrected chi connectivity index (χ2v) is 8.08. The summed E-state index contributed by atoms with van der Waals surface area (Å²) in [5.74, 6) is 0.589. The van der Waals surface area contributed by atoms with Crippen LogP contribution in [0.2, 0.25) is 0 Å². The fourth-order valence-corrected chi connectivity index (χ4v) is 4.58. The van der Waals surface area contributed by atoms with Gasteiger partial charge >= 0.3 is 0 Å². The zero-order chi connectivity index (χ0) is 19.7. The highest BCUT2D eigenvalue weighted by molar-refractivity contribution is 7.18. The van der Waals surface area contributed by atoms with Crippen molar-refractivity contribution in [3.63, 3.8) is 0 Å². The average molecular weight is 389 g/mol. The molecule has 1 aliphatic carbocycles. The Morgan fingerprint density at radius 1 is 1.32 bits per heavy atom. The minimum Gasteiger partial charge on any atom is -0.490 e. The summed E-state index contributed by atoms with van der Waals surface area (Å²) in [7, 11) is 0. The first kappa shape index (κ1) is 18.3. The van der Waals surface area contributed by atoms with Gasteiger partial charge in [0.15, 0.2) is 0 Å². The molecule has 2 aromatic carbocycles. The maximum atomic E-state index is 11.1. The van der Waals surface area contributed by atoms with Crippen LogP contribution in [0.4, 0.5) is 0 Å². The van der Waals surface area contributed by atoms with Crippen LogP contribution in [0.3, 0.4) is 0 Å². The van der Waals surface area contributed by atoms with Gasteiger partial charge in [0.25, 0.3) is 0 Å². The van der Waals surface area contributed by atoms with Crippen molar-refractivity contribution >= 4 is 11.3 Å². The van der Waals surface area contributed by atoms with Crippen LogP contribution >= 0.6 is 11.3 Å². The number of hydrogen-bond donors (Lipinski definition) is 0. The van der Waals surface area contributed by atoms with Crippen molar-refractivity contribution in [2.24, 2.45) is 5.18 Å². The van der Waals surface area contributed by atoms with Crippen molar-refractivity contribution < 1.29 is 4.74 Å². The van der Waals surface area contributed by atoms with Crippen LogP contribution in [-0.4, -0.2) is 11.1 Å². The van der Waals surface area contributed by atoms with Crippen molar-refractivity contribution in [2.75, 3.05) is 0 Å². The van der Waals surface area contributed by atoms with Gasteiger partial charge < -0.3 is 4.74 Å². The molecule has 0 amide bonds. The Bertz CT molecular complexity index is 1080. The van der Waals surface area contributed by atoms with E-state index in [4.69, 9.17) is 4.74 Å². The maximum absolute atomic E-state index is 11.1. The molecule has 1 aromatic heterocycles. The summed E-state index contributed by atoms with van der Waals surface area (Å²) in [5.41, 5.74) is 4.74. The number of rotatable bonds is 5. The van der Waals surface area contributed by atoms with E-state index in [1.807, 2.05) is 50.4 Å². The van der Waals surface area contributed by atoms with Crippen molar-refractivity contribution in [3.05, 3.63) is 64.2 Å². The molecule has 0 aliphatic heterocycles. The van der Waals surface area contributed by atoms with Crippen molar-refractivity contribution in [1.29, 1.82) is 5.26 Å². The zero-order valence-electron chi connectivity index (χ0n) is 15.7. The number of thiazole rings is 1. The third kappa shape index (κ3) is 3.30. The van der Waals surface area contributed by atoms with E-state index in [9.17, 15) is 10.2 Å². The summed E-state index contributed by atoms with van der Waals surface area (Å²) in [5, 5.41) is 13.6. The normalized spacial score (nSPS) is 15.3. The van der Waals surface area contributed by atoms with Gasteiger partial charge in [0.2, 0.25) is 0 Å². The van der Waals surface area contributed by atoms with Gasteiger partial charge in [-0.1, -0.05) is 23.4 Å². The Morgan fingerprint density at radius 3 is 2.93 bits per heavy atom. The monoisotopic (exact) mass is 389 g/mol. The van der Waals surface area contributed by atoms with E-state index in [1.54, 1.807) is 11.3 Å². The summed E-state index contributed by atoms with van der Waals surface area (Å²) in [6, 6.07) is 13.6. The highest BCUT2D eigenvalue weighted by Crippen LogP contribution is 2.42. The molecule has 0 saturated heterocycles. The molecule has 6 heteroatoms. The van der Waals surface area contributed by atoms with E-state index in [0.29, 0.717) is 11.3 Å². The Kier molecular flexibility index (Phi) is 4.93. The van der Waals surface area contributed by atoms with E-state index in [0.717, 1.165) is 39.4 Å². The number of benzene rings is 2. The van der Waals surface area contributed by atoms with Crippen LogP contribution in [0.5, 0.6) is 5.75 Å². The molecule has 0 N–H and O–H groups in total. The third-order valence-electron chi connectivity index (χ3n) is 4.85. The van der Waals surface area contributed by atoms with Gasteiger partial charge in [-0.2, -0.15) is 10.2 Å². The molecule has 0 bridgehead atoms. The van der Waals surface area contributed by atoms with Crippen LogP contribution in [0.25, 0.3) is 21.0 Å². The Morgan fingerprint density at radius 2 is 2.18 bits per heavy atom. The highest BCUT2D eigenvalue weighted by atomic mass is 32.1. The van der Waals surface area contributed by atoms with E-state index in [1.165, 1.54) is 5.56 Å². The molecular formula is C22H19N3O2S. The van der Waals surface area contributed by atoms with E-state index < -0.39 is 0 Å². The fraction of sp³-hybridized carbons (Fsp3) is 0.273. The predicted molar refractivity (Wildman–Crippen MR) is 110 cm³/mol. The SMILES string of the molecule is CC(C)Oc1ccc(-c2ncc(-c3cccc4c3CCC4N=O)s2)cc1C#N. The minimum atomic E-state index is -0.242. The lowest BCUT2D eigenvalue weighted by Gasteiger charge is -2.11. The lowest BCUT2D eigenvalue weighted by Crippen LogP contribution is -2.06. The molecule has 3 aromatic rings. The summed E-state index contributed by atoms with van der Waals surface area (Å²) >= 11 is 1.58. The Labute approximate surface area is 167 Å². The molecule has 4 rings (SSSR count). The number of nitroso groups, excluding NO2 is 1. The Hall–Kier alpha value is -3.04. The molecule has 1 atom stereocenters. The van der Waals surface area contributed by atoms with Gasteiger partial charge in [0.1, 0.15) is 22.9 Å². The molecule has 1 heterocycles. The molecule has 0 radical (unpaired) electrons. The standard InChI is InChI=1S/C22H19N3O2S/c1-13(2)27-20-9-6-14(10-15(20)11-23)22-24-12-21(28-22)18-5-3-4-17-16(18)7-8-19(17)25-26/h3-6,9-10,12-13,19H,7-8H2,1-2H3. The first-order valence-corrected chi connectivity index (χ1v) is 10.0. The minimum absolute atomic E-state index is 0.00859. The maximum Gasteiger partial charge on any atom is 0.137 e. The van der Waals surface area contributed by atoms with Gasteiger partial charge in [-0.15, -0.1) is 11.3 Å². The summed E-state index contributed by atoms with van der Waals surface area (Å²) < 4.78 is 5.70. The van der Waals surface area contributed by atoms with E-state index >= 15 is 0 Å². The van der Waals surface area contributed by atoms with Crippen molar-refractivity contribution in [3.8, 4) is 32.8 Å². The quantitative estimate of drug-likeness (QED) is 0.510. The van der Waals surface area contributed by atoms with Crippen molar-refractivity contribution in [2.45, 2.75) is 38.8 Å². The first-order chi connectivity index (χ1) is 13.6. The van der Waals surface area contributed by atoms with Crippen LogP contribution < -0.4 is 4.74 Å². The fourth-order valence-electron chi connectivity index (χ4n) is 3.61. The number of nitrogens with zero attached hydrogens (tertiary/aromatic N) is 3. The van der Waals surface area contributed by atoms with Crippen LogP contribution in [0, 0.1) is 16.2 Å². The topological polar surface area (TPSA) is 75.3 Å². The van der Waals surface area contributed by atoms with Crippen molar-refractivity contribution in [1.82, 2.24) is 4.98 Å². The number of nitriles is 1. The lowest BCUT2D eigenvalue weighted by molar-refractivity contribution is 0.242. The summed E-state index contributed by atoms with van der Waals surface area (Å²) in [4.78, 5) is 16.7. The molecule has 1 unspecified atom stereocenters. The molecule has 28 heavy (non-hydrogen) atoms. The highest BCUT2D eigenvalue weighted by Gasteiger charge is 2.26. The molecule has 0 fully saturated rings. The largest absolute Gasteiger partial charge is 0.490 e. The first-order valence-electron chi connectivity index (χ1n) is 9.22. The molecular weight excluding hydrogens is 370 g/mol. The smallest absolute Gasteiger partial charge is 0.137 e. The van der Waals surface area contributed by atoms with Gasteiger partial charge in [-0.3, -0.25) is 0 Å². The number of aromatic nitrogens is 1. The zero-order valence-corrected chi connectivity index (χ0v) is 16.5. The molecule has 0 spiro atoms. The molecule has 0 saturated carbocycles. The van der Waals surface area contributed by atoms with E-state index in [-0.39, 0.29) is 12.1 Å². The van der Waals surface area contributed by atoms with Gasteiger partial charge in [-0.25, -0.2) is 4.98 Å². The van der Waals surface area contributed by atoms with Crippen LogP contribution in [0.1, 0.15) is 43.0 Å². The molecule has 5 nitrogen and oxygen atoms in total. The number of hydrogen-bond acceptors (Lipinski definition) is 6. The van der Waals surface area contributed by atoms with Gasteiger partial charge in [0, 0.05) is 11.8 Å². The van der Waals surface area contributed by atoms with Gasteiger partial charge in [-0.05, 0) is 61.6 Å². The third-order valence-corrected chi connectivity index (χ3v) is 5.93. The number of ether oxygens (including phenoxy) is 1. The summed E-state index contributed by atoms with van der Waals surface area (Å²) in [6.07, 6.45) is 3.50. The second-order valence-electron chi connectivity index (χ2n) is 7.05. The lowest BCUT2D eigenvalue weighted by atomic mass is 10.0. The average Bonchev–Trinajstić information content (AvgIpc) is 3.34. The Balaban J connectivity index is 1.69. The number of fused-ring (bicyclic) bond motifs is 1. The summed E-state index contributed by atoms with van der Waals surface area (Å²) in [6.45, 7) is 3.87. The van der Waals surface area contributed by atoms with E-state index in [2.05, 4.69) is 22.3 Å². The molecule has 1 aliphatic rings. The predicted octanol–water partition coefficient (Wildman–Crippen LogP) is 5.89. The van der Waals surface area contributed by atoms with Crippen LogP contribution in [-0.2, 0) is 6.42 Å². The van der Waals surface area contributed by atoms with Gasteiger partial charge in [0.05, 0.1) is 16.5 Å².